The Hall–Kier alpha value is -1.96. The molecule has 2 N–H and O–H groups in total. The zero-order chi connectivity index (χ0) is 12.1. The number of aryl methyl sites for hydroxylation is 1. The summed E-state index contributed by atoms with van der Waals surface area (Å²) in [6.07, 6.45) is 2.05. The van der Waals surface area contributed by atoms with Crippen LogP contribution in [0.25, 0.3) is 0 Å². The van der Waals surface area contributed by atoms with Gasteiger partial charge in [-0.3, -0.25) is 4.79 Å². The highest BCUT2D eigenvalue weighted by molar-refractivity contribution is 5.93. The topological polar surface area (TPSA) is 75.1 Å². The maximum Gasteiger partial charge on any atom is 0.270 e. The van der Waals surface area contributed by atoms with Crippen molar-refractivity contribution in [3.8, 4) is 6.07 Å². The normalized spacial score (nSPS) is 9.81. The molecule has 0 atom stereocenters. The van der Waals surface area contributed by atoms with Crippen molar-refractivity contribution in [2.75, 3.05) is 18.8 Å². The third-order valence-corrected chi connectivity index (χ3v) is 2.41. The van der Waals surface area contributed by atoms with Crippen LogP contribution in [0.1, 0.15) is 23.8 Å². The molecule has 5 nitrogen and oxygen atoms in total. The van der Waals surface area contributed by atoms with Crippen molar-refractivity contribution in [1.29, 1.82) is 5.26 Å². The summed E-state index contributed by atoms with van der Waals surface area (Å²) >= 11 is 0. The summed E-state index contributed by atoms with van der Waals surface area (Å²) in [4.78, 5) is 13.7. The highest BCUT2D eigenvalue weighted by atomic mass is 16.2. The summed E-state index contributed by atoms with van der Waals surface area (Å²) < 4.78 is 1.70. The average molecular weight is 220 g/mol. The van der Waals surface area contributed by atoms with Gasteiger partial charge in [-0.05, 0) is 13.0 Å². The number of nitrogens with zero attached hydrogens (tertiary/aromatic N) is 3. The summed E-state index contributed by atoms with van der Waals surface area (Å²) in [5, 5.41) is 8.51. The highest BCUT2D eigenvalue weighted by Crippen LogP contribution is 2.11. The number of nitrogen functional groups attached to an aromatic ring is 1. The number of hydrogen-bond donors (Lipinski definition) is 1. The molecule has 0 aliphatic rings. The van der Waals surface area contributed by atoms with Crippen LogP contribution in [0.4, 0.5) is 5.69 Å². The Morgan fingerprint density at radius 3 is 2.81 bits per heavy atom. The molecule has 0 fully saturated rings. The van der Waals surface area contributed by atoms with Crippen molar-refractivity contribution in [1.82, 2.24) is 9.47 Å². The van der Waals surface area contributed by atoms with Crippen molar-refractivity contribution in [3.05, 3.63) is 18.0 Å². The minimum atomic E-state index is -0.0862. The number of amides is 1. The van der Waals surface area contributed by atoms with E-state index in [-0.39, 0.29) is 5.91 Å². The molecule has 5 heteroatoms. The monoisotopic (exact) mass is 220 g/mol. The lowest BCUT2D eigenvalue weighted by atomic mass is 10.3. The van der Waals surface area contributed by atoms with Crippen molar-refractivity contribution < 1.29 is 4.79 Å². The fourth-order valence-electron chi connectivity index (χ4n) is 1.55. The Kier molecular flexibility index (Phi) is 3.95. The quantitative estimate of drug-likeness (QED) is 0.822. The molecule has 0 radical (unpaired) electrons. The largest absolute Gasteiger partial charge is 0.397 e. The van der Waals surface area contributed by atoms with E-state index in [0.717, 1.165) is 0 Å². The molecule has 16 heavy (non-hydrogen) atoms. The number of aromatic nitrogens is 1. The van der Waals surface area contributed by atoms with Crippen LogP contribution < -0.4 is 5.73 Å². The molecule has 0 bridgehead atoms. The molecule has 0 spiro atoms. The van der Waals surface area contributed by atoms with E-state index in [1.165, 1.54) is 0 Å². The molecule has 1 amide bonds. The first kappa shape index (κ1) is 12.1. The van der Waals surface area contributed by atoms with Gasteiger partial charge in [0.2, 0.25) is 0 Å². The Bertz CT molecular complexity index is 416. The minimum absolute atomic E-state index is 0.0862. The lowest BCUT2D eigenvalue weighted by molar-refractivity contribution is 0.0758. The third-order valence-electron chi connectivity index (χ3n) is 2.41. The Morgan fingerprint density at radius 1 is 1.69 bits per heavy atom. The summed E-state index contributed by atoms with van der Waals surface area (Å²) in [5.41, 5.74) is 6.74. The molecule has 0 aliphatic carbocycles. The maximum absolute atomic E-state index is 12.1. The zero-order valence-corrected chi connectivity index (χ0v) is 9.60. The second kappa shape index (κ2) is 5.21. The SMILES string of the molecule is CCN(CCC#N)C(=O)c1cc(N)cn1C. The molecule has 0 saturated heterocycles. The maximum atomic E-state index is 12.1. The lowest BCUT2D eigenvalue weighted by Crippen LogP contribution is -2.32. The van der Waals surface area contributed by atoms with E-state index >= 15 is 0 Å². The van der Waals surface area contributed by atoms with Gasteiger partial charge in [0.05, 0.1) is 18.2 Å². The summed E-state index contributed by atoms with van der Waals surface area (Å²) in [6, 6.07) is 3.68. The Labute approximate surface area is 95.1 Å². The summed E-state index contributed by atoms with van der Waals surface area (Å²) in [6.45, 7) is 2.93. The van der Waals surface area contributed by atoms with Gasteiger partial charge in [0.15, 0.2) is 0 Å². The molecular weight excluding hydrogens is 204 g/mol. The zero-order valence-electron chi connectivity index (χ0n) is 9.60. The van der Waals surface area contributed by atoms with E-state index in [2.05, 4.69) is 0 Å². The average Bonchev–Trinajstić information content (AvgIpc) is 2.58. The van der Waals surface area contributed by atoms with E-state index in [9.17, 15) is 4.79 Å². The molecule has 0 unspecified atom stereocenters. The first-order chi connectivity index (χ1) is 7.60. The Morgan fingerprint density at radius 2 is 2.38 bits per heavy atom. The fourth-order valence-corrected chi connectivity index (χ4v) is 1.55. The van der Waals surface area contributed by atoms with Gasteiger partial charge in [-0.2, -0.15) is 5.26 Å². The third kappa shape index (κ3) is 2.54. The number of rotatable bonds is 4. The lowest BCUT2D eigenvalue weighted by Gasteiger charge is -2.19. The number of carbonyl (C=O) groups is 1. The standard InChI is InChI=1S/C11H16N4O/c1-3-15(6-4-5-12)11(16)10-7-9(13)8-14(10)2/h7-8H,3-4,6,13H2,1-2H3. The van der Waals surface area contributed by atoms with Gasteiger partial charge in [-0.25, -0.2) is 0 Å². The molecule has 0 aliphatic heterocycles. The van der Waals surface area contributed by atoms with Gasteiger partial charge in [0, 0.05) is 26.3 Å². The van der Waals surface area contributed by atoms with E-state index in [4.69, 9.17) is 11.0 Å². The molecule has 1 aromatic heterocycles. The van der Waals surface area contributed by atoms with Gasteiger partial charge in [0.25, 0.3) is 5.91 Å². The predicted molar refractivity (Wildman–Crippen MR) is 61.6 cm³/mol. The first-order valence-electron chi connectivity index (χ1n) is 5.18. The van der Waals surface area contributed by atoms with Gasteiger partial charge in [-0.15, -0.1) is 0 Å². The van der Waals surface area contributed by atoms with Crippen LogP contribution in [0.15, 0.2) is 12.3 Å². The van der Waals surface area contributed by atoms with Gasteiger partial charge in [-0.1, -0.05) is 0 Å². The second-order valence-corrected chi connectivity index (χ2v) is 3.56. The van der Waals surface area contributed by atoms with Crippen LogP contribution in [-0.2, 0) is 7.05 Å². The van der Waals surface area contributed by atoms with Gasteiger partial charge in [0.1, 0.15) is 5.69 Å². The minimum Gasteiger partial charge on any atom is -0.397 e. The van der Waals surface area contributed by atoms with Crippen LogP contribution >= 0.6 is 0 Å². The van der Waals surface area contributed by atoms with Crippen LogP contribution in [0.3, 0.4) is 0 Å². The number of carbonyl (C=O) groups excluding carboxylic acids is 1. The molecular formula is C11H16N4O. The highest BCUT2D eigenvalue weighted by Gasteiger charge is 2.17. The van der Waals surface area contributed by atoms with Crippen LogP contribution in [0.2, 0.25) is 0 Å². The smallest absolute Gasteiger partial charge is 0.270 e. The number of hydrogen-bond acceptors (Lipinski definition) is 3. The van der Waals surface area contributed by atoms with Crippen molar-refractivity contribution in [2.24, 2.45) is 7.05 Å². The predicted octanol–water partition coefficient (Wildman–Crippen LogP) is 0.983. The van der Waals surface area contributed by atoms with Crippen LogP contribution in [0.5, 0.6) is 0 Å². The van der Waals surface area contributed by atoms with Crippen molar-refractivity contribution >= 4 is 11.6 Å². The van der Waals surface area contributed by atoms with Crippen molar-refractivity contribution in [2.45, 2.75) is 13.3 Å². The number of anilines is 1. The number of nitrogens with two attached hydrogens (primary N) is 1. The molecule has 1 heterocycles. The van der Waals surface area contributed by atoms with E-state index < -0.39 is 0 Å². The molecule has 1 rings (SSSR count). The Balaban J connectivity index is 2.83. The van der Waals surface area contributed by atoms with E-state index in [1.807, 2.05) is 13.0 Å². The summed E-state index contributed by atoms with van der Waals surface area (Å²) in [5.74, 6) is -0.0862. The summed E-state index contributed by atoms with van der Waals surface area (Å²) in [7, 11) is 1.78. The first-order valence-corrected chi connectivity index (χ1v) is 5.18. The second-order valence-electron chi connectivity index (χ2n) is 3.56. The van der Waals surface area contributed by atoms with Crippen LogP contribution in [-0.4, -0.2) is 28.5 Å². The van der Waals surface area contributed by atoms with Crippen molar-refractivity contribution in [3.63, 3.8) is 0 Å². The van der Waals surface area contributed by atoms with Gasteiger partial charge < -0.3 is 15.2 Å². The number of nitriles is 1. The van der Waals surface area contributed by atoms with Crippen LogP contribution in [0, 0.1) is 11.3 Å². The molecule has 0 aromatic carbocycles. The van der Waals surface area contributed by atoms with E-state index in [0.29, 0.717) is 30.9 Å². The molecule has 1 aromatic rings. The fraction of sp³-hybridized carbons (Fsp3) is 0.455. The van der Waals surface area contributed by atoms with E-state index in [1.54, 1.807) is 28.8 Å². The molecule has 86 valence electrons. The molecule has 0 saturated carbocycles. The van der Waals surface area contributed by atoms with Gasteiger partial charge >= 0.3 is 0 Å².